The van der Waals surface area contributed by atoms with Gasteiger partial charge in [-0.05, 0) is 89.3 Å². The van der Waals surface area contributed by atoms with Crippen LogP contribution < -0.4 is 0 Å². The number of benzene rings is 10. The SMILES string of the molecule is c1ccc2c(-c3c4ccccc4c(-c4ccc(-c5cc6c7ccc8c9ccccc9sc8c7oc6c6ccccc56)cc4)c4ccccc34)cccc2c1. The van der Waals surface area contributed by atoms with E-state index in [1.165, 1.54) is 91.3 Å². The smallest absolute Gasteiger partial charge is 0.153 e. The highest BCUT2D eigenvalue weighted by atomic mass is 32.1. The molecule has 0 spiro atoms. The average Bonchev–Trinajstić information content (AvgIpc) is 3.81. The molecular formula is C52H30OS. The standard InChI is InChI=1S/C52H30OS/c1-2-14-34-31(12-1)13-11-22-37(34)49-40-19-6-4-17-38(40)48(39-18-5-7-20-41(39)49)33-26-24-32(25-27-33)45-30-46-43-28-29-44-36-16-9-10-23-47(36)54-52(44)51(43)53-50(46)42-21-8-3-15-35(42)45/h1-30H. The molecule has 0 saturated carbocycles. The summed E-state index contributed by atoms with van der Waals surface area (Å²) in [4.78, 5) is 0. The number of hydrogen-bond donors (Lipinski definition) is 0. The van der Waals surface area contributed by atoms with Crippen LogP contribution in [0.25, 0.3) is 119 Å². The maximum absolute atomic E-state index is 6.83. The van der Waals surface area contributed by atoms with Crippen molar-refractivity contribution >= 4 is 96.5 Å². The number of rotatable bonds is 3. The quantitative estimate of drug-likeness (QED) is 0.167. The van der Waals surface area contributed by atoms with Gasteiger partial charge in [0.15, 0.2) is 5.58 Å². The van der Waals surface area contributed by atoms with E-state index in [1.807, 2.05) is 11.3 Å². The summed E-state index contributed by atoms with van der Waals surface area (Å²) in [6.07, 6.45) is 0. The molecule has 0 N–H and O–H groups in total. The molecule has 0 unspecified atom stereocenters. The molecule has 0 fully saturated rings. The predicted molar refractivity (Wildman–Crippen MR) is 233 cm³/mol. The third-order valence-electron chi connectivity index (χ3n) is 11.5. The lowest BCUT2D eigenvalue weighted by Gasteiger charge is -2.19. The first kappa shape index (κ1) is 29.8. The van der Waals surface area contributed by atoms with E-state index in [0.29, 0.717) is 0 Å². The first-order valence-electron chi connectivity index (χ1n) is 18.5. The predicted octanol–water partition coefficient (Wildman–Crippen LogP) is 15.6. The average molecular weight is 703 g/mol. The van der Waals surface area contributed by atoms with Crippen molar-refractivity contribution in [2.45, 2.75) is 0 Å². The van der Waals surface area contributed by atoms with Crippen molar-refractivity contribution in [1.29, 1.82) is 0 Å². The minimum absolute atomic E-state index is 0.954. The molecule has 2 aromatic heterocycles. The summed E-state index contributed by atoms with van der Waals surface area (Å²) in [7, 11) is 0. The van der Waals surface area contributed by atoms with Crippen LogP contribution in [0.15, 0.2) is 186 Å². The third-order valence-corrected chi connectivity index (χ3v) is 12.7. The fourth-order valence-corrected chi connectivity index (χ4v) is 10.3. The van der Waals surface area contributed by atoms with Gasteiger partial charge in [-0.15, -0.1) is 11.3 Å². The van der Waals surface area contributed by atoms with E-state index in [0.717, 1.165) is 27.3 Å². The van der Waals surface area contributed by atoms with Gasteiger partial charge < -0.3 is 4.42 Å². The highest BCUT2D eigenvalue weighted by Crippen LogP contribution is 2.47. The maximum Gasteiger partial charge on any atom is 0.153 e. The van der Waals surface area contributed by atoms with Crippen molar-refractivity contribution in [3.8, 4) is 33.4 Å². The molecule has 10 aromatic carbocycles. The van der Waals surface area contributed by atoms with Gasteiger partial charge >= 0.3 is 0 Å². The lowest BCUT2D eigenvalue weighted by molar-refractivity contribution is 0.677. The fourth-order valence-electron chi connectivity index (χ4n) is 9.07. The second-order valence-corrected chi connectivity index (χ2v) is 15.4. The third kappa shape index (κ3) is 4.20. The van der Waals surface area contributed by atoms with E-state index < -0.39 is 0 Å². The van der Waals surface area contributed by atoms with Gasteiger partial charge in [-0.2, -0.15) is 0 Å². The first-order chi connectivity index (χ1) is 26.8. The van der Waals surface area contributed by atoms with E-state index in [2.05, 4.69) is 182 Å². The molecule has 250 valence electrons. The van der Waals surface area contributed by atoms with Crippen molar-refractivity contribution in [2.75, 3.05) is 0 Å². The zero-order chi connectivity index (χ0) is 35.3. The van der Waals surface area contributed by atoms with Crippen molar-refractivity contribution in [2.24, 2.45) is 0 Å². The highest BCUT2D eigenvalue weighted by molar-refractivity contribution is 7.26. The second kappa shape index (κ2) is 11.4. The van der Waals surface area contributed by atoms with E-state index in [4.69, 9.17) is 4.42 Å². The van der Waals surface area contributed by atoms with E-state index in [1.54, 1.807) is 0 Å². The molecule has 0 radical (unpaired) electrons. The summed E-state index contributed by atoms with van der Waals surface area (Å²) in [5.41, 5.74) is 9.37. The van der Waals surface area contributed by atoms with E-state index in [9.17, 15) is 0 Å². The van der Waals surface area contributed by atoms with Crippen LogP contribution in [0.2, 0.25) is 0 Å². The Balaban J connectivity index is 1.06. The molecule has 0 aliphatic heterocycles. The van der Waals surface area contributed by atoms with Crippen LogP contribution in [0.5, 0.6) is 0 Å². The summed E-state index contributed by atoms with van der Waals surface area (Å²) in [6, 6.07) is 66.7. The zero-order valence-electron chi connectivity index (χ0n) is 29.1. The van der Waals surface area contributed by atoms with E-state index in [-0.39, 0.29) is 0 Å². The maximum atomic E-state index is 6.83. The minimum Gasteiger partial charge on any atom is -0.454 e. The van der Waals surface area contributed by atoms with Gasteiger partial charge in [0.2, 0.25) is 0 Å². The topological polar surface area (TPSA) is 13.1 Å². The molecule has 0 amide bonds. The number of furan rings is 1. The molecule has 1 nitrogen and oxygen atoms in total. The van der Waals surface area contributed by atoms with Crippen molar-refractivity contribution in [3.63, 3.8) is 0 Å². The van der Waals surface area contributed by atoms with Crippen LogP contribution >= 0.6 is 11.3 Å². The molecule has 2 heterocycles. The molecular weight excluding hydrogens is 673 g/mol. The first-order valence-corrected chi connectivity index (χ1v) is 19.3. The summed E-state index contributed by atoms with van der Waals surface area (Å²) in [5, 5.41) is 14.8. The van der Waals surface area contributed by atoms with Crippen LogP contribution in [0.3, 0.4) is 0 Å². The summed E-state index contributed by atoms with van der Waals surface area (Å²) in [5.74, 6) is 0. The molecule has 54 heavy (non-hydrogen) atoms. The number of hydrogen-bond acceptors (Lipinski definition) is 2. The Morgan fingerprint density at radius 1 is 0.315 bits per heavy atom. The fraction of sp³-hybridized carbons (Fsp3) is 0. The Labute approximate surface area is 314 Å². The molecule has 0 bridgehead atoms. The Morgan fingerprint density at radius 2 is 0.852 bits per heavy atom. The van der Waals surface area contributed by atoms with Gasteiger partial charge in [-0.1, -0.05) is 164 Å². The Bertz CT molecular complexity index is 3430. The monoisotopic (exact) mass is 702 g/mol. The largest absolute Gasteiger partial charge is 0.454 e. The Morgan fingerprint density at radius 3 is 1.59 bits per heavy atom. The van der Waals surface area contributed by atoms with Crippen LogP contribution in [0.4, 0.5) is 0 Å². The van der Waals surface area contributed by atoms with Crippen LogP contribution in [0, 0.1) is 0 Å². The molecule has 0 saturated heterocycles. The van der Waals surface area contributed by atoms with E-state index >= 15 is 0 Å². The van der Waals surface area contributed by atoms with Gasteiger partial charge in [-0.3, -0.25) is 0 Å². The summed E-state index contributed by atoms with van der Waals surface area (Å²) in [6.45, 7) is 0. The zero-order valence-corrected chi connectivity index (χ0v) is 30.0. The second-order valence-electron chi connectivity index (χ2n) is 14.3. The van der Waals surface area contributed by atoms with Gasteiger partial charge in [0.25, 0.3) is 0 Å². The summed E-state index contributed by atoms with van der Waals surface area (Å²) < 4.78 is 9.33. The number of fused-ring (bicyclic) bond motifs is 12. The van der Waals surface area contributed by atoms with Crippen molar-refractivity contribution < 1.29 is 4.42 Å². The van der Waals surface area contributed by atoms with Crippen LogP contribution in [0.1, 0.15) is 0 Å². The lowest BCUT2D eigenvalue weighted by Crippen LogP contribution is -1.91. The normalized spacial score (nSPS) is 12.1. The minimum atomic E-state index is 0.954. The Hall–Kier alpha value is -6.74. The number of thiophene rings is 1. The Kier molecular flexibility index (Phi) is 6.28. The highest BCUT2D eigenvalue weighted by Gasteiger charge is 2.20. The lowest BCUT2D eigenvalue weighted by atomic mass is 9.84. The van der Waals surface area contributed by atoms with Gasteiger partial charge in [0.1, 0.15) is 5.58 Å². The van der Waals surface area contributed by atoms with Crippen LogP contribution in [-0.2, 0) is 0 Å². The molecule has 12 rings (SSSR count). The van der Waals surface area contributed by atoms with Gasteiger partial charge in [0, 0.05) is 31.6 Å². The molecule has 0 atom stereocenters. The molecule has 0 aliphatic carbocycles. The van der Waals surface area contributed by atoms with Crippen LogP contribution in [-0.4, -0.2) is 0 Å². The van der Waals surface area contributed by atoms with Gasteiger partial charge in [0.05, 0.1) is 4.70 Å². The molecule has 12 aromatic rings. The van der Waals surface area contributed by atoms with Crippen molar-refractivity contribution in [3.05, 3.63) is 182 Å². The van der Waals surface area contributed by atoms with Crippen molar-refractivity contribution in [1.82, 2.24) is 0 Å². The molecule has 2 heteroatoms. The molecule has 0 aliphatic rings. The summed E-state index contributed by atoms with van der Waals surface area (Å²) >= 11 is 1.82. The van der Waals surface area contributed by atoms with Gasteiger partial charge in [-0.25, -0.2) is 0 Å².